The van der Waals surface area contributed by atoms with Crippen LogP contribution in [0, 0.1) is 6.92 Å². The number of benzene rings is 1. The Morgan fingerprint density at radius 1 is 1.25 bits per heavy atom. The molecule has 0 saturated heterocycles. The van der Waals surface area contributed by atoms with Crippen molar-refractivity contribution in [2.24, 2.45) is 0 Å². The van der Waals surface area contributed by atoms with E-state index in [4.69, 9.17) is 9.15 Å². The van der Waals surface area contributed by atoms with Crippen LogP contribution in [-0.4, -0.2) is 28.5 Å². The van der Waals surface area contributed by atoms with E-state index < -0.39 is 25.4 Å². The number of carbonyl (C=O) groups is 1. The van der Waals surface area contributed by atoms with E-state index in [1.54, 1.807) is 6.07 Å². The van der Waals surface area contributed by atoms with Gasteiger partial charge in [0.15, 0.2) is 5.76 Å². The first kappa shape index (κ1) is 23.4. The third-order valence-corrected chi connectivity index (χ3v) is 4.43. The van der Waals surface area contributed by atoms with Gasteiger partial charge >= 0.3 is 6.18 Å². The summed E-state index contributed by atoms with van der Waals surface area (Å²) in [6, 6.07) is 9.19. The van der Waals surface area contributed by atoms with E-state index in [1.165, 1.54) is 18.5 Å². The van der Waals surface area contributed by atoms with Gasteiger partial charge in [0.25, 0.3) is 5.91 Å². The zero-order valence-corrected chi connectivity index (χ0v) is 17.9. The number of amides is 1. The lowest BCUT2D eigenvalue weighted by Crippen LogP contribution is -2.18. The molecule has 0 aliphatic heterocycles. The maximum Gasteiger partial charge on any atom is 0.411 e. The number of hydrogen-bond acceptors (Lipinski definition) is 5. The summed E-state index contributed by atoms with van der Waals surface area (Å²) in [4.78, 5) is 12.4. The number of hydrogen-bond donors (Lipinski definition) is 1. The summed E-state index contributed by atoms with van der Waals surface area (Å²) < 4.78 is 53.5. The van der Waals surface area contributed by atoms with Gasteiger partial charge in [-0.05, 0) is 42.2 Å². The van der Waals surface area contributed by atoms with Crippen LogP contribution in [-0.2, 0) is 18.1 Å². The van der Waals surface area contributed by atoms with E-state index in [-0.39, 0.29) is 12.4 Å². The Balaban J connectivity index is 1.55. The molecule has 1 aromatic carbocycles. The minimum absolute atomic E-state index is 0.0676. The van der Waals surface area contributed by atoms with Gasteiger partial charge in [-0.25, -0.2) is 4.68 Å². The average molecular weight is 451 g/mol. The molecule has 0 bridgehead atoms. The van der Waals surface area contributed by atoms with Crippen molar-refractivity contribution in [1.82, 2.24) is 9.78 Å². The van der Waals surface area contributed by atoms with Crippen molar-refractivity contribution in [2.45, 2.75) is 46.2 Å². The highest BCUT2D eigenvalue weighted by Crippen LogP contribution is 2.28. The van der Waals surface area contributed by atoms with Gasteiger partial charge in [0, 0.05) is 0 Å². The highest BCUT2D eigenvalue weighted by atomic mass is 19.4. The van der Waals surface area contributed by atoms with Crippen LogP contribution < -0.4 is 10.1 Å². The lowest BCUT2D eigenvalue weighted by molar-refractivity contribution is -0.182. The molecule has 0 spiro atoms. The molecule has 0 atom stereocenters. The zero-order valence-electron chi connectivity index (χ0n) is 17.9. The Labute approximate surface area is 183 Å². The lowest BCUT2D eigenvalue weighted by atomic mass is 10.0. The summed E-state index contributed by atoms with van der Waals surface area (Å²) in [5, 5.41) is 6.41. The van der Waals surface area contributed by atoms with Crippen LogP contribution in [0.3, 0.4) is 0 Å². The van der Waals surface area contributed by atoms with Crippen molar-refractivity contribution in [3.63, 3.8) is 0 Å². The number of halogens is 3. The van der Waals surface area contributed by atoms with Gasteiger partial charge in [-0.15, -0.1) is 0 Å². The fourth-order valence-corrected chi connectivity index (χ4v) is 2.92. The van der Waals surface area contributed by atoms with Crippen molar-refractivity contribution in [2.75, 3.05) is 11.9 Å². The number of alkyl halides is 3. The Morgan fingerprint density at radius 2 is 2.03 bits per heavy atom. The number of ether oxygens (including phenoxy) is 2. The molecule has 3 rings (SSSR count). The summed E-state index contributed by atoms with van der Waals surface area (Å²) in [6.45, 7) is 4.53. The van der Waals surface area contributed by atoms with E-state index in [2.05, 4.69) is 29.0 Å². The Hall–Kier alpha value is -3.27. The fourth-order valence-electron chi connectivity index (χ4n) is 2.92. The van der Waals surface area contributed by atoms with Gasteiger partial charge < -0.3 is 19.2 Å². The number of carbonyl (C=O) groups excluding carboxylic acids is 1. The Kier molecular flexibility index (Phi) is 7.24. The molecule has 3 aromatic rings. The first-order chi connectivity index (χ1) is 15.1. The SMILES string of the molecule is Cc1ccc(C(C)C)c(OCc2ccc(C(=O)Nc3cnn(COCC(F)(F)F)c3)o2)c1. The molecule has 0 radical (unpaired) electrons. The number of rotatable bonds is 9. The summed E-state index contributed by atoms with van der Waals surface area (Å²) in [7, 11) is 0. The fraction of sp³-hybridized carbons (Fsp3) is 0.364. The molecule has 172 valence electrons. The van der Waals surface area contributed by atoms with Gasteiger partial charge in [-0.1, -0.05) is 26.0 Å². The number of furan rings is 1. The molecule has 10 heteroatoms. The Bertz CT molecular complexity index is 1060. The zero-order chi connectivity index (χ0) is 23.3. The van der Waals surface area contributed by atoms with Crippen LogP contribution in [0.15, 0.2) is 47.1 Å². The van der Waals surface area contributed by atoms with Crippen molar-refractivity contribution < 1.29 is 31.9 Å². The number of nitrogens with zero attached hydrogens (tertiary/aromatic N) is 2. The summed E-state index contributed by atoms with van der Waals surface area (Å²) in [6.07, 6.45) is -1.76. The molecule has 0 fully saturated rings. The highest BCUT2D eigenvalue weighted by Gasteiger charge is 2.27. The number of aryl methyl sites for hydroxylation is 1. The standard InChI is InChI=1S/C22H24F3N3O4/c1-14(2)18-6-4-15(3)8-20(18)31-11-17-5-7-19(32-17)21(29)27-16-9-26-28(10-16)13-30-12-22(23,24)25/h4-10,14H,11-13H2,1-3H3,(H,27,29). The van der Waals surface area contributed by atoms with Gasteiger partial charge in [-0.2, -0.15) is 18.3 Å². The maximum absolute atomic E-state index is 12.4. The van der Waals surface area contributed by atoms with E-state index in [0.29, 0.717) is 17.4 Å². The van der Waals surface area contributed by atoms with E-state index in [0.717, 1.165) is 21.6 Å². The normalized spacial score (nSPS) is 11.7. The largest absolute Gasteiger partial charge is 0.485 e. The molecule has 32 heavy (non-hydrogen) atoms. The molecule has 0 saturated carbocycles. The van der Waals surface area contributed by atoms with Gasteiger partial charge in [0.1, 0.15) is 31.5 Å². The van der Waals surface area contributed by atoms with Crippen LogP contribution >= 0.6 is 0 Å². The maximum atomic E-state index is 12.4. The third kappa shape index (κ3) is 6.61. The second-order valence-electron chi connectivity index (χ2n) is 7.57. The van der Waals surface area contributed by atoms with Crippen LogP contribution in [0.5, 0.6) is 5.75 Å². The molecule has 0 aliphatic rings. The molecule has 1 amide bonds. The van der Waals surface area contributed by atoms with Gasteiger partial charge in [0.05, 0.1) is 18.1 Å². The number of nitrogens with one attached hydrogen (secondary N) is 1. The molecular formula is C22H24F3N3O4. The second-order valence-corrected chi connectivity index (χ2v) is 7.57. The smallest absolute Gasteiger partial charge is 0.411 e. The predicted molar refractivity (Wildman–Crippen MR) is 110 cm³/mol. The molecule has 1 N–H and O–H groups in total. The van der Waals surface area contributed by atoms with E-state index in [9.17, 15) is 18.0 Å². The van der Waals surface area contributed by atoms with E-state index >= 15 is 0 Å². The lowest BCUT2D eigenvalue weighted by Gasteiger charge is -2.14. The van der Waals surface area contributed by atoms with Gasteiger partial charge in [-0.3, -0.25) is 4.79 Å². The minimum atomic E-state index is -4.42. The monoisotopic (exact) mass is 451 g/mol. The molecule has 7 nitrogen and oxygen atoms in total. The van der Waals surface area contributed by atoms with Crippen molar-refractivity contribution in [1.29, 1.82) is 0 Å². The summed E-state index contributed by atoms with van der Waals surface area (Å²) in [5.41, 5.74) is 2.45. The first-order valence-electron chi connectivity index (χ1n) is 9.91. The highest BCUT2D eigenvalue weighted by molar-refractivity contribution is 6.02. The molecule has 0 aliphatic carbocycles. The van der Waals surface area contributed by atoms with E-state index in [1.807, 2.05) is 25.1 Å². The third-order valence-electron chi connectivity index (χ3n) is 4.43. The second kappa shape index (κ2) is 9.90. The molecule has 2 heterocycles. The van der Waals surface area contributed by atoms with Crippen LogP contribution in [0.4, 0.5) is 18.9 Å². The van der Waals surface area contributed by atoms with Crippen molar-refractivity contribution in [3.05, 3.63) is 65.4 Å². The average Bonchev–Trinajstić information content (AvgIpc) is 3.35. The minimum Gasteiger partial charge on any atom is -0.485 e. The number of aromatic nitrogens is 2. The topological polar surface area (TPSA) is 78.5 Å². The van der Waals surface area contributed by atoms with Crippen LogP contribution in [0.25, 0.3) is 0 Å². The quantitative estimate of drug-likeness (QED) is 0.479. The van der Waals surface area contributed by atoms with Gasteiger partial charge in [0.2, 0.25) is 0 Å². The molecule has 2 aromatic heterocycles. The summed E-state index contributed by atoms with van der Waals surface area (Å²) in [5.74, 6) is 1.08. The Morgan fingerprint density at radius 3 is 2.75 bits per heavy atom. The number of anilines is 1. The molecular weight excluding hydrogens is 427 g/mol. The molecule has 0 unspecified atom stereocenters. The van der Waals surface area contributed by atoms with Crippen LogP contribution in [0.1, 0.15) is 47.2 Å². The first-order valence-corrected chi connectivity index (χ1v) is 9.91. The van der Waals surface area contributed by atoms with Crippen molar-refractivity contribution in [3.8, 4) is 5.75 Å². The van der Waals surface area contributed by atoms with Crippen molar-refractivity contribution >= 4 is 11.6 Å². The predicted octanol–water partition coefficient (Wildman–Crippen LogP) is 5.28. The summed E-state index contributed by atoms with van der Waals surface area (Å²) >= 11 is 0. The van der Waals surface area contributed by atoms with Crippen LogP contribution in [0.2, 0.25) is 0 Å².